The van der Waals surface area contributed by atoms with Crippen LogP contribution < -0.4 is 0 Å². The molecule has 0 aromatic heterocycles. The lowest BCUT2D eigenvalue weighted by atomic mass is 9.71. The number of hydrogen-bond acceptors (Lipinski definition) is 1. The molecule has 2 atom stereocenters. The van der Waals surface area contributed by atoms with Gasteiger partial charge in [0.05, 0.1) is 5.41 Å². The molecule has 0 radical (unpaired) electrons. The van der Waals surface area contributed by atoms with Crippen LogP contribution in [-0.4, -0.2) is 13.9 Å². The van der Waals surface area contributed by atoms with Gasteiger partial charge in [0.15, 0.2) is 5.78 Å². The van der Waals surface area contributed by atoms with Crippen LogP contribution in [0.25, 0.3) is 0 Å². The zero-order valence-corrected chi connectivity index (χ0v) is 19.4. The fourth-order valence-electron chi connectivity index (χ4n) is 4.52. The first-order chi connectivity index (χ1) is 11.3. The summed E-state index contributed by atoms with van der Waals surface area (Å²) < 4.78 is 0. The molecular weight excluding hydrogens is 320 g/mol. The van der Waals surface area contributed by atoms with Gasteiger partial charge in [0.2, 0.25) is 0 Å². The Morgan fingerprint density at radius 3 is 1.92 bits per heavy atom. The molecule has 1 rings (SSSR count). The molecule has 1 fully saturated rings. The van der Waals surface area contributed by atoms with Crippen LogP contribution in [-0.2, 0) is 4.79 Å². The van der Waals surface area contributed by atoms with Crippen molar-refractivity contribution >= 4 is 13.9 Å². The van der Waals surface area contributed by atoms with Crippen molar-refractivity contribution < 1.29 is 4.79 Å². The van der Waals surface area contributed by atoms with E-state index in [0.29, 0.717) is 5.78 Å². The van der Waals surface area contributed by atoms with Crippen LogP contribution in [0.3, 0.4) is 0 Å². The van der Waals surface area contributed by atoms with E-state index < -0.39 is 8.07 Å². The summed E-state index contributed by atoms with van der Waals surface area (Å²) in [5.41, 5.74) is 3.73. The fourth-order valence-corrected chi connectivity index (χ4v) is 7.05. The summed E-state index contributed by atoms with van der Waals surface area (Å²) >= 11 is 0. The third-order valence-electron chi connectivity index (χ3n) is 6.05. The van der Waals surface area contributed by atoms with Crippen molar-refractivity contribution in [3.8, 4) is 11.5 Å². The Balaban J connectivity index is 3.25. The second-order valence-corrected chi connectivity index (χ2v) is 15.7. The van der Waals surface area contributed by atoms with Crippen LogP contribution >= 0.6 is 0 Å². The Morgan fingerprint density at radius 1 is 1.00 bits per heavy atom. The number of carbonyl (C=O) groups excluding carboxylic acids is 1. The molecule has 1 nitrogen and oxygen atoms in total. The minimum atomic E-state index is -1.52. The molecule has 25 heavy (non-hydrogen) atoms. The fraction of sp³-hybridized carbons (Fsp3) is 0.870. The van der Waals surface area contributed by atoms with E-state index in [9.17, 15) is 4.79 Å². The minimum absolute atomic E-state index is 0.135. The van der Waals surface area contributed by atoms with Gasteiger partial charge in [0.25, 0.3) is 0 Å². The highest BCUT2D eigenvalue weighted by Gasteiger charge is 2.49. The Morgan fingerprint density at radius 2 is 1.52 bits per heavy atom. The average Bonchev–Trinajstić information content (AvgIpc) is 2.76. The molecule has 0 saturated heterocycles. The molecule has 1 aliphatic carbocycles. The normalized spacial score (nSPS) is 25.0. The summed E-state index contributed by atoms with van der Waals surface area (Å²) in [7, 11) is -1.52. The lowest BCUT2D eigenvalue weighted by molar-refractivity contribution is -0.128. The van der Waals surface area contributed by atoms with E-state index in [4.69, 9.17) is 0 Å². The van der Waals surface area contributed by atoms with Gasteiger partial charge in [0, 0.05) is 5.92 Å². The van der Waals surface area contributed by atoms with Crippen LogP contribution in [0.4, 0.5) is 0 Å². The van der Waals surface area contributed by atoms with E-state index in [1.165, 1.54) is 18.1 Å². The van der Waals surface area contributed by atoms with Gasteiger partial charge >= 0.3 is 0 Å². The Hall–Kier alpha value is -0.553. The SMILES string of the molecule is CC[Si](C#C[C@@]1(CC(C)(C)C)CC[C@@H](CC(C)(C)C)C1=O)(CC)CC. The largest absolute Gasteiger partial charge is 0.298 e. The van der Waals surface area contributed by atoms with E-state index in [1.807, 2.05) is 0 Å². The molecule has 1 aliphatic rings. The van der Waals surface area contributed by atoms with Gasteiger partial charge in [0.1, 0.15) is 8.07 Å². The van der Waals surface area contributed by atoms with E-state index in [0.717, 1.165) is 25.7 Å². The molecule has 0 unspecified atom stereocenters. The summed E-state index contributed by atoms with van der Waals surface area (Å²) in [5, 5.41) is 0. The summed E-state index contributed by atoms with van der Waals surface area (Å²) in [6, 6.07) is 3.62. The zero-order chi connectivity index (χ0) is 19.5. The summed E-state index contributed by atoms with van der Waals surface area (Å²) in [6.45, 7) is 20.4. The predicted molar refractivity (Wildman–Crippen MR) is 113 cm³/mol. The van der Waals surface area contributed by atoms with Gasteiger partial charge in [-0.05, 0) is 54.6 Å². The van der Waals surface area contributed by atoms with Crippen molar-refractivity contribution in [1.82, 2.24) is 0 Å². The van der Waals surface area contributed by atoms with Crippen molar-refractivity contribution in [3.63, 3.8) is 0 Å². The molecule has 0 aromatic rings. The summed E-state index contributed by atoms with van der Waals surface area (Å²) in [6.07, 6.45) is 3.91. The number of Topliss-reactive ketones (excluding diaryl/α,β-unsaturated/α-hetero) is 1. The van der Waals surface area contributed by atoms with Crippen molar-refractivity contribution in [3.05, 3.63) is 0 Å². The monoisotopic (exact) mass is 362 g/mol. The maximum atomic E-state index is 13.5. The molecule has 1 saturated carbocycles. The molecule has 0 aromatic carbocycles. The van der Waals surface area contributed by atoms with E-state index >= 15 is 0 Å². The topological polar surface area (TPSA) is 17.1 Å². The molecule has 0 heterocycles. The summed E-state index contributed by atoms with van der Waals surface area (Å²) in [5.74, 6) is 4.33. The van der Waals surface area contributed by atoms with Crippen molar-refractivity contribution in [2.24, 2.45) is 22.2 Å². The van der Waals surface area contributed by atoms with Crippen molar-refractivity contribution in [1.29, 1.82) is 0 Å². The molecule has 0 spiro atoms. The second kappa shape index (κ2) is 7.99. The van der Waals surface area contributed by atoms with E-state index in [1.54, 1.807) is 0 Å². The third-order valence-corrected chi connectivity index (χ3v) is 10.8. The van der Waals surface area contributed by atoms with Gasteiger partial charge in [-0.1, -0.05) is 68.2 Å². The van der Waals surface area contributed by atoms with Gasteiger partial charge in [-0.3, -0.25) is 4.79 Å². The highest BCUT2D eigenvalue weighted by atomic mass is 28.3. The lowest BCUT2D eigenvalue weighted by Crippen LogP contribution is -2.35. The maximum Gasteiger partial charge on any atom is 0.153 e. The van der Waals surface area contributed by atoms with Crippen LogP contribution in [0.15, 0.2) is 0 Å². The Labute approximate surface area is 158 Å². The lowest BCUT2D eigenvalue weighted by Gasteiger charge is -2.32. The molecule has 144 valence electrons. The molecular formula is C23H42OSi. The summed E-state index contributed by atoms with van der Waals surface area (Å²) in [4.78, 5) is 13.5. The van der Waals surface area contributed by atoms with Crippen LogP contribution in [0.2, 0.25) is 18.1 Å². The predicted octanol–water partition coefficient (Wildman–Crippen LogP) is 6.88. The number of ketones is 1. The first kappa shape index (κ1) is 22.5. The van der Waals surface area contributed by atoms with Gasteiger partial charge in [-0.2, -0.15) is 0 Å². The van der Waals surface area contributed by atoms with E-state index in [2.05, 4.69) is 73.8 Å². The van der Waals surface area contributed by atoms with Crippen molar-refractivity contribution in [2.45, 2.75) is 106 Å². The van der Waals surface area contributed by atoms with Gasteiger partial charge in [-0.15, -0.1) is 5.54 Å². The standard InChI is InChI=1S/C23H42OSi/c1-10-25(11-2,12-3)16-15-23(18-22(7,8)9)14-13-19(20(23)24)17-21(4,5)6/h19H,10-14,17-18H2,1-9H3/t19-,23+/m0/s1. The number of rotatable bonds is 5. The maximum absolute atomic E-state index is 13.5. The number of carbonyl (C=O) groups is 1. The van der Waals surface area contributed by atoms with Gasteiger partial charge < -0.3 is 0 Å². The highest BCUT2D eigenvalue weighted by molar-refractivity contribution is 6.87. The Kier molecular flexibility index (Phi) is 7.19. The third kappa shape index (κ3) is 5.99. The minimum Gasteiger partial charge on any atom is -0.298 e. The van der Waals surface area contributed by atoms with Crippen LogP contribution in [0.5, 0.6) is 0 Å². The van der Waals surface area contributed by atoms with Gasteiger partial charge in [-0.25, -0.2) is 0 Å². The zero-order valence-electron chi connectivity index (χ0n) is 18.4. The van der Waals surface area contributed by atoms with Crippen molar-refractivity contribution in [2.75, 3.05) is 0 Å². The highest BCUT2D eigenvalue weighted by Crippen LogP contribution is 2.48. The Bertz CT molecular complexity index is 511. The molecule has 0 bridgehead atoms. The second-order valence-electron chi connectivity index (χ2n) is 10.8. The average molecular weight is 363 g/mol. The molecule has 2 heteroatoms. The van der Waals surface area contributed by atoms with Crippen LogP contribution in [0, 0.1) is 33.6 Å². The number of hydrogen-bond donors (Lipinski definition) is 0. The molecule has 0 N–H and O–H groups in total. The van der Waals surface area contributed by atoms with Crippen LogP contribution in [0.1, 0.15) is 88.0 Å². The van der Waals surface area contributed by atoms with E-state index in [-0.39, 0.29) is 22.2 Å². The smallest absolute Gasteiger partial charge is 0.153 e. The first-order valence-corrected chi connectivity index (χ1v) is 13.0. The molecule has 0 amide bonds. The first-order valence-electron chi connectivity index (χ1n) is 10.4. The molecule has 0 aliphatic heterocycles. The quantitative estimate of drug-likeness (QED) is 0.385.